The summed E-state index contributed by atoms with van der Waals surface area (Å²) >= 11 is 6.08. The molecular weight excluding hydrogens is 360 g/mol. The minimum atomic E-state index is -0.467. The van der Waals surface area contributed by atoms with Crippen LogP contribution < -0.4 is 10.1 Å². The average molecular weight is 383 g/mol. The number of nitrogens with zero attached hydrogens (tertiary/aromatic N) is 1. The van der Waals surface area contributed by atoms with Crippen LogP contribution in [0.4, 0.5) is 5.69 Å². The summed E-state index contributed by atoms with van der Waals surface area (Å²) in [5.74, 6) is 0.130. The molecule has 0 saturated heterocycles. The van der Waals surface area contributed by atoms with Gasteiger partial charge in [0.05, 0.1) is 6.61 Å². The lowest BCUT2D eigenvalue weighted by Crippen LogP contribution is -2.14. The van der Waals surface area contributed by atoms with Crippen molar-refractivity contribution in [3.05, 3.63) is 63.7 Å². The lowest BCUT2D eigenvalue weighted by atomic mass is 10.1. The van der Waals surface area contributed by atoms with E-state index in [4.69, 9.17) is 16.3 Å². The lowest BCUT2D eigenvalue weighted by molar-refractivity contribution is -0.112. The zero-order valence-electron chi connectivity index (χ0n) is 15.8. The third-order valence-corrected chi connectivity index (χ3v) is 4.48. The van der Waals surface area contributed by atoms with Crippen LogP contribution in [0.1, 0.15) is 36.5 Å². The molecule has 2 rings (SSSR count). The molecule has 2 aromatic carbocycles. The fourth-order valence-corrected chi connectivity index (χ4v) is 2.65. The first-order chi connectivity index (χ1) is 13.0. The molecule has 0 spiro atoms. The van der Waals surface area contributed by atoms with E-state index in [1.54, 1.807) is 18.2 Å². The fourth-order valence-electron chi connectivity index (χ4n) is 2.47. The summed E-state index contributed by atoms with van der Waals surface area (Å²) < 4.78 is 5.77. The Morgan fingerprint density at radius 2 is 2.07 bits per heavy atom. The maximum atomic E-state index is 12.6. The minimum absolute atomic E-state index is 0.0153. The van der Waals surface area contributed by atoms with Gasteiger partial charge in [-0.1, -0.05) is 37.1 Å². The molecule has 5 heteroatoms. The number of nitrogens with one attached hydrogen (secondary N) is 1. The summed E-state index contributed by atoms with van der Waals surface area (Å²) in [5.41, 5.74) is 3.31. The number of amides is 1. The van der Waals surface area contributed by atoms with Gasteiger partial charge in [0.1, 0.15) is 17.4 Å². The Bertz CT molecular complexity index is 898. The van der Waals surface area contributed by atoms with E-state index in [1.165, 1.54) is 6.08 Å². The molecule has 0 unspecified atom stereocenters. The second kappa shape index (κ2) is 9.80. The quantitative estimate of drug-likeness (QED) is 0.380. The zero-order valence-corrected chi connectivity index (χ0v) is 16.6. The number of ether oxygens (including phenoxy) is 1. The van der Waals surface area contributed by atoms with Gasteiger partial charge in [-0.05, 0) is 61.7 Å². The third-order valence-electron chi connectivity index (χ3n) is 4.25. The number of benzene rings is 2. The van der Waals surface area contributed by atoms with Crippen molar-refractivity contribution in [1.82, 2.24) is 0 Å². The maximum Gasteiger partial charge on any atom is 0.266 e. The Morgan fingerprint density at radius 3 is 2.78 bits per heavy atom. The number of nitriles is 1. The van der Waals surface area contributed by atoms with Gasteiger partial charge in [-0.25, -0.2) is 0 Å². The first-order valence-electron chi connectivity index (χ1n) is 8.88. The van der Waals surface area contributed by atoms with Crippen molar-refractivity contribution >= 4 is 29.3 Å². The summed E-state index contributed by atoms with van der Waals surface area (Å²) in [6.07, 6.45) is 3.44. The number of halogens is 1. The van der Waals surface area contributed by atoms with Crippen molar-refractivity contribution in [2.24, 2.45) is 0 Å². The standard InChI is InChI=1S/C22H23ClN2O2/c1-4-5-11-27-21-10-9-19(23)13-17(21)12-18(14-24)22(26)25-20-8-6-7-15(2)16(20)3/h6-10,12-13H,4-5,11H2,1-3H3,(H,25,26)/b18-12-. The van der Waals surface area contributed by atoms with Gasteiger partial charge < -0.3 is 10.1 Å². The molecule has 0 aliphatic heterocycles. The van der Waals surface area contributed by atoms with Crippen LogP contribution in [0.3, 0.4) is 0 Å². The van der Waals surface area contributed by atoms with Gasteiger partial charge in [0.2, 0.25) is 0 Å². The van der Waals surface area contributed by atoms with Gasteiger partial charge in [0.25, 0.3) is 5.91 Å². The molecule has 0 heterocycles. The Kier molecular flexibility index (Phi) is 7.45. The monoisotopic (exact) mass is 382 g/mol. The molecule has 0 aliphatic rings. The van der Waals surface area contributed by atoms with Crippen LogP contribution in [-0.4, -0.2) is 12.5 Å². The molecule has 0 atom stereocenters. The summed E-state index contributed by atoms with van der Waals surface area (Å²) in [4.78, 5) is 12.6. The van der Waals surface area contributed by atoms with E-state index in [9.17, 15) is 10.1 Å². The van der Waals surface area contributed by atoms with Gasteiger partial charge >= 0.3 is 0 Å². The number of hydrogen-bond donors (Lipinski definition) is 1. The number of unbranched alkanes of at least 4 members (excludes halogenated alkanes) is 1. The van der Waals surface area contributed by atoms with Crippen LogP contribution in [0.25, 0.3) is 6.08 Å². The molecule has 4 nitrogen and oxygen atoms in total. The highest BCUT2D eigenvalue weighted by atomic mass is 35.5. The van der Waals surface area contributed by atoms with Crippen molar-refractivity contribution in [2.75, 3.05) is 11.9 Å². The number of carbonyl (C=O) groups is 1. The fraction of sp³-hybridized carbons (Fsp3) is 0.273. The first-order valence-corrected chi connectivity index (χ1v) is 9.25. The molecule has 1 amide bonds. The van der Waals surface area contributed by atoms with Crippen molar-refractivity contribution in [3.8, 4) is 11.8 Å². The Hall–Kier alpha value is -2.77. The van der Waals surface area contributed by atoms with Crippen LogP contribution in [0.5, 0.6) is 5.75 Å². The predicted molar refractivity (Wildman–Crippen MR) is 110 cm³/mol. The minimum Gasteiger partial charge on any atom is -0.493 e. The molecule has 0 bridgehead atoms. The number of carbonyl (C=O) groups excluding carboxylic acids is 1. The first kappa shape index (κ1) is 20.5. The van der Waals surface area contributed by atoms with E-state index in [0.29, 0.717) is 28.6 Å². The van der Waals surface area contributed by atoms with E-state index in [1.807, 2.05) is 38.1 Å². The Balaban J connectivity index is 2.29. The topological polar surface area (TPSA) is 62.1 Å². The van der Waals surface area contributed by atoms with Crippen molar-refractivity contribution < 1.29 is 9.53 Å². The molecular formula is C22H23ClN2O2. The number of rotatable bonds is 7. The van der Waals surface area contributed by atoms with Crippen molar-refractivity contribution in [3.63, 3.8) is 0 Å². The molecule has 0 aromatic heterocycles. The SMILES string of the molecule is CCCCOc1ccc(Cl)cc1/C=C(/C#N)C(=O)Nc1cccc(C)c1C. The smallest absolute Gasteiger partial charge is 0.266 e. The van der Waals surface area contributed by atoms with E-state index < -0.39 is 5.91 Å². The molecule has 140 valence electrons. The Labute approximate surface area is 165 Å². The molecule has 1 N–H and O–H groups in total. The highest BCUT2D eigenvalue weighted by Gasteiger charge is 2.13. The summed E-state index contributed by atoms with van der Waals surface area (Å²) in [5, 5.41) is 12.8. The summed E-state index contributed by atoms with van der Waals surface area (Å²) in [6.45, 7) is 6.54. The van der Waals surface area contributed by atoms with E-state index in [0.717, 1.165) is 24.0 Å². The molecule has 2 aromatic rings. The highest BCUT2D eigenvalue weighted by Crippen LogP contribution is 2.26. The zero-order chi connectivity index (χ0) is 19.8. The second-order valence-corrected chi connectivity index (χ2v) is 6.69. The van der Waals surface area contributed by atoms with Gasteiger partial charge in [-0.3, -0.25) is 4.79 Å². The largest absolute Gasteiger partial charge is 0.493 e. The number of anilines is 1. The highest BCUT2D eigenvalue weighted by molar-refractivity contribution is 6.30. The molecule has 27 heavy (non-hydrogen) atoms. The molecule has 0 saturated carbocycles. The normalized spacial score (nSPS) is 11.0. The van der Waals surface area contributed by atoms with Gasteiger partial charge in [0, 0.05) is 16.3 Å². The lowest BCUT2D eigenvalue weighted by Gasteiger charge is -2.11. The third kappa shape index (κ3) is 5.60. The average Bonchev–Trinajstić information content (AvgIpc) is 2.65. The van der Waals surface area contributed by atoms with E-state index in [-0.39, 0.29) is 5.57 Å². The van der Waals surface area contributed by atoms with Gasteiger partial charge in [-0.15, -0.1) is 0 Å². The van der Waals surface area contributed by atoms with Crippen LogP contribution in [-0.2, 0) is 4.79 Å². The van der Waals surface area contributed by atoms with Crippen molar-refractivity contribution in [1.29, 1.82) is 5.26 Å². The van der Waals surface area contributed by atoms with Gasteiger partial charge in [0.15, 0.2) is 0 Å². The molecule has 0 radical (unpaired) electrons. The maximum absolute atomic E-state index is 12.6. The number of hydrogen-bond acceptors (Lipinski definition) is 3. The summed E-state index contributed by atoms with van der Waals surface area (Å²) in [6, 6.07) is 12.8. The second-order valence-electron chi connectivity index (χ2n) is 6.26. The molecule has 0 fully saturated rings. The van der Waals surface area contributed by atoms with Crippen LogP contribution in [0, 0.1) is 25.2 Å². The summed E-state index contributed by atoms with van der Waals surface area (Å²) in [7, 11) is 0. The van der Waals surface area contributed by atoms with Gasteiger partial charge in [-0.2, -0.15) is 5.26 Å². The van der Waals surface area contributed by atoms with Crippen LogP contribution in [0.2, 0.25) is 5.02 Å². The van der Waals surface area contributed by atoms with Crippen LogP contribution in [0.15, 0.2) is 42.0 Å². The predicted octanol–water partition coefficient (Wildman–Crippen LogP) is 5.68. The van der Waals surface area contributed by atoms with Crippen molar-refractivity contribution in [2.45, 2.75) is 33.6 Å². The van der Waals surface area contributed by atoms with E-state index in [2.05, 4.69) is 12.2 Å². The Morgan fingerprint density at radius 1 is 1.30 bits per heavy atom. The number of aryl methyl sites for hydroxylation is 1. The van der Waals surface area contributed by atoms with E-state index >= 15 is 0 Å². The van der Waals surface area contributed by atoms with Crippen LogP contribution >= 0.6 is 11.6 Å². The molecule has 0 aliphatic carbocycles.